The van der Waals surface area contributed by atoms with Crippen LogP contribution in [-0.2, 0) is 4.79 Å². The number of hydrogen-bond acceptors (Lipinski definition) is 5. The van der Waals surface area contributed by atoms with Crippen molar-refractivity contribution in [2.75, 3.05) is 17.2 Å². The quantitative estimate of drug-likeness (QED) is 0.431. The van der Waals surface area contributed by atoms with E-state index in [1.807, 2.05) is 6.07 Å². The molecule has 0 spiro atoms. The molecule has 1 saturated heterocycles. The number of carboxylic acids is 1. The first-order valence-corrected chi connectivity index (χ1v) is 9.71. The van der Waals surface area contributed by atoms with Gasteiger partial charge in [-0.25, -0.2) is 4.79 Å². The van der Waals surface area contributed by atoms with Crippen molar-refractivity contribution in [2.24, 2.45) is 0 Å². The van der Waals surface area contributed by atoms with Crippen LogP contribution in [0.1, 0.15) is 39.3 Å². The summed E-state index contributed by atoms with van der Waals surface area (Å²) in [6, 6.07) is 12.6. The largest absolute Gasteiger partial charge is 0.478 e. The monoisotopic (exact) mass is 417 g/mol. The Morgan fingerprint density at radius 3 is 2.65 bits per heavy atom. The number of rotatable bonds is 5. The molecular weight excluding hydrogens is 398 g/mol. The maximum absolute atomic E-state index is 12.8. The maximum atomic E-state index is 12.8. The Kier molecular flexibility index (Phi) is 5.39. The number of fused-ring (bicyclic) bond motifs is 1. The molecule has 4 rings (SSSR count). The van der Waals surface area contributed by atoms with E-state index in [9.17, 15) is 19.5 Å². The Morgan fingerprint density at radius 2 is 1.94 bits per heavy atom. The van der Waals surface area contributed by atoms with Crippen molar-refractivity contribution in [1.82, 2.24) is 10.3 Å². The molecule has 9 heteroatoms. The second kappa shape index (κ2) is 8.30. The zero-order chi connectivity index (χ0) is 22.0. The standard InChI is InChI=1S/C22H19N5O4/c23-11-12-6-7-15(14(9-12)22(30)31)26-21(29)18-10-13-3-1-4-16(19(13)25-18)27-20(28)17-5-2-8-24-17/h1,3-4,6-7,9-10,17,24-25H,2,5,8H2,(H,26,29)(H,27,28)(H,30,31)/t17-/m1/s1. The predicted molar refractivity (Wildman–Crippen MR) is 114 cm³/mol. The summed E-state index contributed by atoms with van der Waals surface area (Å²) in [4.78, 5) is 39.7. The van der Waals surface area contributed by atoms with Gasteiger partial charge in [0.15, 0.2) is 0 Å². The first-order valence-electron chi connectivity index (χ1n) is 9.71. The lowest BCUT2D eigenvalue weighted by Crippen LogP contribution is -2.35. The van der Waals surface area contributed by atoms with Crippen LogP contribution in [-0.4, -0.2) is 40.5 Å². The molecule has 1 aliphatic rings. The Hall–Kier alpha value is -4.16. The smallest absolute Gasteiger partial charge is 0.337 e. The average molecular weight is 417 g/mol. The minimum Gasteiger partial charge on any atom is -0.478 e. The second-order valence-corrected chi connectivity index (χ2v) is 7.22. The number of hydrogen-bond donors (Lipinski definition) is 5. The van der Waals surface area contributed by atoms with Crippen molar-refractivity contribution >= 4 is 40.1 Å². The number of para-hydroxylation sites is 1. The molecule has 31 heavy (non-hydrogen) atoms. The number of nitrogens with one attached hydrogen (secondary N) is 4. The summed E-state index contributed by atoms with van der Waals surface area (Å²) in [6.07, 6.45) is 1.72. The minimum absolute atomic E-state index is 0.0796. The number of nitrogens with zero attached hydrogens (tertiary/aromatic N) is 1. The van der Waals surface area contributed by atoms with E-state index in [4.69, 9.17) is 5.26 Å². The van der Waals surface area contributed by atoms with Gasteiger partial charge in [-0.3, -0.25) is 9.59 Å². The number of carbonyl (C=O) groups is 3. The van der Waals surface area contributed by atoms with E-state index >= 15 is 0 Å². The van der Waals surface area contributed by atoms with E-state index in [1.165, 1.54) is 18.2 Å². The van der Waals surface area contributed by atoms with Gasteiger partial charge in [-0.05, 0) is 49.7 Å². The predicted octanol–water partition coefficient (Wildman–Crippen LogP) is 2.68. The molecule has 1 fully saturated rings. The van der Waals surface area contributed by atoms with Gasteiger partial charge >= 0.3 is 5.97 Å². The zero-order valence-corrected chi connectivity index (χ0v) is 16.4. The lowest BCUT2D eigenvalue weighted by molar-refractivity contribution is -0.117. The van der Waals surface area contributed by atoms with Gasteiger partial charge in [-0.15, -0.1) is 0 Å². The molecule has 1 aromatic heterocycles. The van der Waals surface area contributed by atoms with Gasteiger partial charge in [0.25, 0.3) is 5.91 Å². The molecule has 9 nitrogen and oxygen atoms in total. The van der Waals surface area contributed by atoms with Crippen LogP contribution in [0.15, 0.2) is 42.5 Å². The molecular formula is C22H19N5O4. The maximum Gasteiger partial charge on any atom is 0.337 e. The van der Waals surface area contributed by atoms with Gasteiger partial charge in [0.05, 0.1) is 40.1 Å². The minimum atomic E-state index is -1.26. The van der Waals surface area contributed by atoms with Crippen molar-refractivity contribution in [3.63, 3.8) is 0 Å². The highest BCUT2D eigenvalue weighted by Crippen LogP contribution is 2.25. The highest BCUT2D eigenvalue weighted by Gasteiger charge is 2.23. The first-order chi connectivity index (χ1) is 15.0. The third-order valence-electron chi connectivity index (χ3n) is 5.16. The van der Waals surface area contributed by atoms with E-state index in [1.54, 1.807) is 24.3 Å². The van der Waals surface area contributed by atoms with E-state index < -0.39 is 11.9 Å². The summed E-state index contributed by atoms with van der Waals surface area (Å²) in [6.45, 7) is 0.808. The third kappa shape index (κ3) is 4.10. The fourth-order valence-electron chi connectivity index (χ4n) is 3.60. The lowest BCUT2D eigenvalue weighted by atomic mass is 10.1. The number of aromatic nitrogens is 1. The Morgan fingerprint density at radius 1 is 1.10 bits per heavy atom. The first kappa shape index (κ1) is 20.1. The number of carboxylic acid groups (broad SMARTS) is 1. The molecule has 0 aliphatic carbocycles. The molecule has 1 atom stereocenters. The number of nitriles is 1. The van der Waals surface area contributed by atoms with Gasteiger partial charge < -0.3 is 26.0 Å². The van der Waals surface area contributed by atoms with Crippen molar-refractivity contribution in [3.8, 4) is 6.07 Å². The summed E-state index contributed by atoms with van der Waals surface area (Å²) in [5.74, 6) is -1.93. The topological polar surface area (TPSA) is 147 Å². The number of benzene rings is 2. The van der Waals surface area contributed by atoms with E-state index in [-0.39, 0.29) is 34.5 Å². The molecule has 156 valence electrons. The second-order valence-electron chi connectivity index (χ2n) is 7.22. The third-order valence-corrected chi connectivity index (χ3v) is 5.16. The number of aromatic carboxylic acids is 1. The van der Waals surface area contributed by atoms with Crippen molar-refractivity contribution < 1.29 is 19.5 Å². The summed E-state index contributed by atoms with van der Waals surface area (Å²) < 4.78 is 0. The summed E-state index contributed by atoms with van der Waals surface area (Å²) in [5.41, 5.74) is 1.43. The molecule has 2 aromatic carbocycles. The molecule has 0 unspecified atom stereocenters. The fraction of sp³-hybridized carbons (Fsp3) is 0.182. The van der Waals surface area contributed by atoms with Crippen molar-refractivity contribution in [3.05, 3.63) is 59.3 Å². The van der Waals surface area contributed by atoms with Crippen LogP contribution in [0.25, 0.3) is 10.9 Å². The van der Waals surface area contributed by atoms with Gasteiger partial charge in [0.1, 0.15) is 5.69 Å². The summed E-state index contributed by atoms with van der Waals surface area (Å²) in [7, 11) is 0. The van der Waals surface area contributed by atoms with Crippen LogP contribution >= 0.6 is 0 Å². The summed E-state index contributed by atoms with van der Waals surface area (Å²) in [5, 5.41) is 27.7. The summed E-state index contributed by atoms with van der Waals surface area (Å²) >= 11 is 0. The number of anilines is 2. The number of H-pyrrole nitrogens is 1. The number of amides is 2. The van der Waals surface area contributed by atoms with E-state index in [2.05, 4.69) is 20.9 Å². The van der Waals surface area contributed by atoms with Crippen LogP contribution in [0.4, 0.5) is 11.4 Å². The van der Waals surface area contributed by atoms with Crippen LogP contribution < -0.4 is 16.0 Å². The van der Waals surface area contributed by atoms with Crippen molar-refractivity contribution in [2.45, 2.75) is 18.9 Å². The zero-order valence-electron chi connectivity index (χ0n) is 16.4. The molecule has 1 aliphatic heterocycles. The molecule has 5 N–H and O–H groups in total. The van der Waals surface area contributed by atoms with Gasteiger partial charge in [0, 0.05) is 5.39 Å². The van der Waals surface area contributed by atoms with Crippen molar-refractivity contribution in [1.29, 1.82) is 5.26 Å². The highest BCUT2D eigenvalue weighted by molar-refractivity contribution is 6.10. The number of carbonyl (C=O) groups excluding carboxylic acids is 2. The molecule has 3 aromatic rings. The molecule has 2 heterocycles. The highest BCUT2D eigenvalue weighted by atomic mass is 16.4. The van der Waals surface area contributed by atoms with Gasteiger partial charge in [-0.2, -0.15) is 5.26 Å². The van der Waals surface area contributed by atoms with Gasteiger partial charge in [-0.1, -0.05) is 12.1 Å². The molecule has 0 saturated carbocycles. The fourth-order valence-corrected chi connectivity index (χ4v) is 3.60. The molecule has 0 radical (unpaired) electrons. The Bertz CT molecular complexity index is 1230. The van der Waals surface area contributed by atoms with Crippen LogP contribution in [0.2, 0.25) is 0 Å². The van der Waals surface area contributed by atoms with E-state index in [0.29, 0.717) is 11.2 Å². The normalized spacial score (nSPS) is 15.4. The van der Waals surface area contributed by atoms with Crippen LogP contribution in [0, 0.1) is 11.3 Å². The van der Waals surface area contributed by atoms with Crippen LogP contribution in [0.3, 0.4) is 0 Å². The average Bonchev–Trinajstić information content (AvgIpc) is 3.44. The Balaban J connectivity index is 1.59. The molecule has 0 bridgehead atoms. The SMILES string of the molecule is N#Cc1ccc(NC(=O)c2cc3cccc(NC(=O)[C@H]4CCCN4)c3[nH]2)c(C(=O)O)c1. The molecule has 2 amide bonds. The lowest BCUT2D eigenvalue weighted by Gasteiger charge is -2.11. The Labute approximate surface area is 177 Å². The van der Waals surface area contributed by atoms with Gasteiger partial charge in [0.2, 0.25) is 5.91 Å². The number of aromatic amines is 1. The van der Waals surface area contributed by atoms with Crippen LogP contribution in [0.5, 0.6) is 0 Å². The van der Waals surface area contributed by atoms with E-state index in [0.717, 1.165) is 24.8 Å².